The summed E-state index contributed by atoms with van der Waals surface area (Å²) in [5, 5.41) is 1.95. The summed E-state index contributed by atoms with van der Waals surface area (Å²) in [6.45, 7) is 5.48. The molecule has 6 heteroatoms. The van der Waals surface area contributed by atoms with E-state index < -0.39 is 0 Å². The third-order valence-electron chi connectivity index (χ3n) is 6.55. The molecule has 164 valence electrons. The van der Waals surface area contributed by atoms with Crippen molar-refractivity contribution in [3.63, 3.8) is 0 Å². The van der Waals surface area contributed by atoms with Gasteiger partial charge in [0, 0.05) is 46.8 Å². The molecule has 5 rings (SSSR count). The molecule has 3 aromatic rings. The highest BCUT2D eigenvalue weighted by molar-refractivity contribution is 6.31. The van der Waals surface area contributed by atoms with Gasteiger partial charge in [-0.2, -0.15) is 0 Å². The van der Waals surface area contributed by atoms with E-state index in [-0.39, 0.29) is 11.8 Å². The van der Waals surface area contributed by atoms with Crippen LogP contribution in [0.15, 0.2) is 48.5 Å². The van der Waals surface area contributed by atoms with Crippen molar-refractivity contribution in [2.45, 2.75) is 26.2 Å². The van der Waals surface area contributed by atoms with Crippen molar-refractivity contribution in [2.24, 2.45) is 0 Å². The van der Waals surface area contributed by atoms with Crippen molar-refractivity contribution in [2.75, 3.05) is 26.2 Å². The zero-order chi connectivity index (χ0) is 22.2. The standard InChI is InChI=1S/C26H26ClN3O2/c1-17-24(22-16-19(27)8-9-23(22)28-17)18-10-14-29(15-11-18)12-4-5-13-30-25(31)20-6-2-3-7-21(20)26(30)32/h2-3,6-10,16,28H,4-5,11-15H2,1H3. The van der Waals surface area contributed by atoms with Crippen LogP contribution in [0, 0.1) is 6.92 Å². The first-order valence-electron chi connectivity index (χ1n) is 11.2. The third-order valence-corrected chi connectivity index (χ3v) is 6.78. The second-order valence-corrected chi connectivity index (χ2v) is 9.05. The molecule has 1 aromatic heterocycles. The van der Waals surface area contributed by atoms with Gasteiger partial charge in [-0.3, -0.25) is 19.4 Å². The quantitative estimate of drug-likeness (QED) is 0.412. The van der Waals surface area contributed by atoms with E-state index in [0.29, 0.717) is 17.7 Å². The summed E-state index contributed by atoms with van der Waals surface area (Å²) < 4.78 is 0. The average molecular weight is 448 g/mol. The van der Waals surface area contributed by atoms with Gasteiger partial charge >= 0.3 is 0 Å². The lowest BCUT2D eigenvalue weighted by atomic mass is 9.96. The molecule has 0 radical (unpaired) electrons. The summed E-state index contributed by atoms with van der Waals surface area (Å²) in [6.07, 6.45) is 5.10. The molecule has 2 amide bonds. The molecular formula is C26H26ClN3O2. The van der Waals surface area contributed by atoms with Gasteiger partial charge in [0.05, 0.1) is 11.1 Å². The number of amides is 2. The first-order valence-corrected chi connectivity index (χ1v) is 11.6. The molecule has 0 fully saturated rings. The van der Waals surface area contributed by atoms with Gasteiger partial charge in [0.25, 0.3) is 11.8 Å². The number of aromatic nitrogens is 1. The molecule has 1 N–H and O–H groups in total. The summed E-state index contributed by atoms with van der Waals surface area (Å²) in [6, 6.07) is 13.1. The number of hydrogen-bond donors (Lipinski definition) is 1. The third kappa shape index (κ3) is 3.76. The SMILES string of the molecule is Cc1[nH]c2ccc(Cl)cc2c1C1=CCN(CCCCN2C(=O)c3ccccc3C2=O)CC1. The van der Waals surface area contributed by atoms with E-state index in [9.17, 15) is 9.59 Å². The summed E-state index contributed by atoms with van der Waals surface area (Å²) in [5.74, 6) is -0.323. The molecular weight excluding hydrogens is 422 g/mol. The predicted octanol–water partition coefficient (Wildman–Crippen LogP) is 5.30. The van der Waals surface area contributed by atoms with Crippen molar-refractivity contribution >= 4 is 39.9 Å². The number of carbonyl (C=O) groups is 2. The normalized spacial score (nSPS) is 16.7. The number of aryl methyl sites for hydroxylation is 1. The van der Waals surface area contributed by atoms with Crippen LogP contribution in [0.2, 0.25) is 5.02 Å². The van der Waals surface area contributed by atoms with Crippen LogP contribution >= 0.6 is 11.6 Å². The van der Waals surface area contributed by atoms with Gasteiger partial charge in [-0.1, -0.05) is 29.8 Å². The van der Waals surface area contributed by atoms with E-state index >= 15 is 0 Å². The molecule has 0 bridgehead atoms. The molecule has 3 heterocycles. The number of halogens is 1. The van der Waals surface area contributed by atoms with E-state index in [4.69, 9.17) is 11.6 Å². The van der Waals surface area contributed by atoms with Crippen LogP contribution in [-0.2, 0) is 0 Å². The Morgan fingerprint density at radius 2 is 1.72 bits per heavy atom. The van der Waals surface area contributed by atoms with Crippen LogP contribution in [0.4, 0.5) is 0 Å². The number of H-pyrrole nitrogens is 1. The number of rotatable bonds is 6. The second-order valence-electron chi connectivity index (χ2n) is 8.61. The van der Waals surface area contributed by atoms with E-state index in [0.717, 1.165) is 49.4 Å². The van der Waals surface area contributed by atoms with E-state index in [1.807, 2.05) is 18.2 Å². The summed E-state index contributed by atoms with van der Waals surface area (Å²) in [4.78, 5) is 32.2. The highest BCUT2D eigenvalue weighted by atomic mass is 35.5. The van der Waals surface area contributed by atoms with Gasteiger partial charge in [-0.15, -0.1) is 0 Å². The molecule has 2 aliphatic heterocycles. The number of benzene rings is 2. The second kappa shape index (κ2) is 8.57. The Kier molecular flexibility index (Phi) is 5.62. The Morgan fingerprint density at radius 3 is 2.41 bits per heavy atom. The molecule has 5 nitrogen and oxygen atoms in total. The zero-order valence-corrected chi connectivity index (χ0v) is 18.9. The first-order chi connectivity index (χ1) is 15.5. The number of carbonyl (C=O) groups excluding carboxylic acids is 2. The number of unbranched alkanes of at least 4 members (excludes halogenated alkanes) is 1. The van der Waals surface area contributed by atoms with Crippen LogP contribution in [0.25, 0.3) is 16.5 Å². The Balaban J connectivity index is 1.15. The molecule has 0 unspecified atom stereocenters. The Bertz CT molecular complexity index is 1210. The van der Waals surface area contributed by atoms with Gasteiger partial charge in [0.2, 0.25) is 0 Å². The Labute approximate surface area is 192 Å². The van der Waals surface area contributed by atoms with Crippen LogP contribution in [0.5, 0.6) is 0 Å². The van der Waals surface area contributed by atoms with Crippen molar-refractivity contribution in [3.05, 3.63) is 75.9 Å². The number of hydrogen-bond acceptors (Lipinski definition) is 3. The fourth-order valence-electron chi connectivity index (χ4n) is 4.90. The Hall–Kier alpha value is -2.89. The number of fused-ring (bicyclic) bond motifs is 2. The topological polar surface area (TPSA) is 56.4 Å². The van der Waals surface area contributed by atoms with E-state index in [1.54, 1.807) is 24.3 Å². The maximum Gasteiger partial charge on any atom is 0.261 e. The molecule has 0 aliphatic carbocycles. The fourth-order valence-corrected chi connectivity index (χ4v) is 5.07. The van der Waals surface area contributed by atoms with Crippen LogP contribution < -0.4 is 0 Å². The lowest BCUT2D eigenvalue weighted by molar-refractivity contribution is 0.0650. The molecule has 0 saturated carbocycles. The number of nitrogens with one attached hydrogen (secondary N) is 1. The lowest BCUT2D eigenvalue weighted by Gasteiger charge is -2.27. The van der Waals surface area contributed by atoms with Crippen molar-refractivity contribution in [3.8, 4) is 0 Å². The van der Waals surface area contributed by atoms with E-state index in [1.165, 1.54) is 27.1 Å². The molecule has 2 aromatic carbocycles. The molecule has 2 aliphatic rings. The van der Waals surface area contributed by atoms with Gasteiger partial charge in [0.15, 0.2) is 0 Å². The summed E-state index contributed by atoms with van der Waals surface area (Å²) in [7, 11) is 0. The van der Waals surface area contributed by atoms with Gasteiger partial charge in [0.1, 0.15) is 0 Å². The largest absolute Gasteiger partial charge is 0.358 e. The Morgan fingerprint density at radius 1 is 1.00 bits per heavy atom. The maximum absolute atomic E-state index is 12.5. The molecule has 0 atom stereocenters. The minimum absolute atomic E-state index is 0.162. The number of aromatic amines is 1. The van der Waals surface area contributed by atoms with Crippen molar-refractivity contribution < 1.29 is 9.59 Å². The van der Waals surface area contributed by atoms with Crippen molar-refractivity contribution in [1.82, 2.24) is 14.8 Å². The van der Waals surface area contributed by atoms with Gasteiger partial charge in [-0.05, 0) is 68.6 Å². The minimum Gasteiger partial charge on any atom is -0.358 e. The van der Waals surface area contributed by atoms with Crippen LogP contribution in [-0.4, -0.2) is 52.8 Å². The molecule has 0 spiro atoms. The fraction of sp³-hybridized carbons (Fsp3) is 0.308. The maximum atomic E-state index is 12.5. The molecule has 32 heavy (non-hydrogen) atoms. The predicted molar refractivity (Wildman–Crippen MR) is 128 cm³/mol. The summed E-state index contributed by atoms with van der Waals surface area (Å²) >= 11 is 6.24. The lowest BCUT2D eigenvalue weighted by Crippen LogP contribution is -2.32. The van der Waals surface area contributed by atoms with E-state index in [2.05, 4.69) is 22.9 Å². The summed E-state index contributed by atoms with van der Waals surface area (Å²) in [5.41, 5.74) is 6.02. The smallest absolute Gasteiger partial charge is 0.261 e. The first kappa shape index (κ1) is 21.0. The highest BCUT2D eigenvalue weighted by Gasteiger charge is 2.34. The van der Waals surface area contributed by atoms with Gasteiger partial charge < -0.3 is 4.98 Å². The number of nitrogens with zero attached hydrogens (tertiary/aromatic N) is 2. The van der Waals surface area contributed by atoms with Crippen molar-refractivity contribution in [1.29, 1.82) is 0 Å². The minimum atomic E-state index is -0.162. The highest BCUT2D eigenvalue weighted by Crippen LogP contribution is 2.33. The monoisotopic (exact) mass is 447 g/mol. The van der Waals surface area contributed by atoms with Gasteiger partial charge in [-0.25, -0.2) is 0 Å². The van der Waals surface area contributed by atoms with Crippen LogP contribution in [0.3, 0.4) is 0 Å². The average Bonchev–Trinajstić information content (AvgIpc) is 3.25. The van der Waals surface area contributed by atoms with Crippen LogP contribution in [0.1, 0.15) is 51.2 Å². The molecule has 0 saturated heterocycles. The zero-order valence-electron chi connectivity index (χ0n) is 18.2. The number of imide groups is 1.